The van der Waals surface area contributed by atoms with E-state index >= 15 is 0 Å². The molecule has 0 aliphatic heterocycles. The van der Waals surface area contributed by atoms with Gasteiger partial charge in [-0.05, 0) is 29.7 Å². The smallest absolute Gasteiger partial charge is 0.220 e. The first-order chi connectivity index (χ1) is 11.0. The predicted octanol–water partition coefficient (Wildman–Crippen LogP) is 4.34. The minimum absolute atomic E-state index is 0.0353. The standard InChI is InChI=1S/C19H22ClNO2/c1-13(2)12-21-19(23)11-16(14-6-4-3-5-7-14)17-10-15(20)8-9-18(17)22/h3-10,13,16,22H,11-12H2,1-2H3,(H,21,23)/t16-/m0/s1. The summed E-state index contributed by atoms with van der Waals surface area (Å²) in [4.78, 5) is 12.3. The summed E-state index contributed by atoms with van der Waals surface area (Å²) in [6, 6.07) is 14.6. The number of benzene rings is 2. The number of rotatable bonds is 6. The monoisotopic (exact) mass is 331 g/mol. The average Bonchev–Trinajstić information content (AvgIpc) is 2.54. The lowest BCUT2D eigenvalue weighted by atomic mass is 9.87. The van der Waals surface area contributed by atoms with Gasteiger partial charge in [0.25, 0.3) is 0 Å². The van der Waals surface area contributed by atoms with Gasteiger partial charge >= 0.3 is 0 Å². The number of carbonyl (C=O) groups is 1. The van der Waals surface area contributed by atoms with Crippen LogP contribution in [0, 0.1) is 5.92 Å². The Morgan fingerprint density at radius 1 is 1.17 bits per heavy atom. The third-order valence-electron chi connectivity index (χ3n) is 3.66. The van der Waals surface area contributed by atoms with E-state index in [9.17, 15) is 9.90 Å². The van der Waals surface area contributed by atoms with E-state index < -0.39 is 0 Å². The second-order valence-corrected chi connectivity index (χ2v) is 6.50. The lowest BCUT2D eigenvalue weighted by molar-refractivity contribution is -0.121. The molecule has 4 heteroatoms. The Bertz CT molecular complexity index is 656. The second kappa shape index (κ2) is 8.02. The summed E-state index contributed by atoms with van der Waals surface area (Å²) in [7, 11) is 0. The fourth-order valence-electron chi connectivity index (χ4n) is 2.47. The SMILES string of the molecule is CC(C)CNC(=O)C[C@@H](c1ccccc1)c1cc(Cl)ccc1O. The quantitative estimate of drug-likeness (QED) is 0.827. The molecule has 0 radical (unpaired) electrons. The lowest BCUT2D eigenvalue weighted by Crippen LogP contribution is -2.28. The average molecular weight is 332 g/mol. The molecule has 122 valence electrons. The molecule has 2 aromatic carbocycles. The fraction of sp³-hybridized carbons (Fsp3) is 0.316. The Morgan fingerprint density at radius 3 is 2.52 bits per heavy atom. The number of phenolic OH excluding ortho intramolecular Hbond substituents is 1. The molecule has 0 unspecified atom stereocenters. The number of phenols is 1. The fourth-order valence-corrected chi connectivity index (χ4v) is 2.65. The third kappa shape index (κ3) is 5.00. The maximum absolute atomic E-state index is 12.3. The van der Waals surface area contributed by atoms with Gasteiger partial charge in [-0.1, -0.05) is 55.8 Å². The first-order valence-electron chi connectivity index (χ1n) is 7.77. The zero-order chi connectivity index (χ0) is 16.8. The Morgan fingerprint density at radius 2 is 1.87 bits per heavy atom. The number of carbonyl (C=O) groups excluding carboxylic acids is 1. The molecule has 1 atom stereocenters. The van der Waals surface area contributed by atoms with Crippen LogP contribution < -0.4 is 5.32 Å². The largest absolute Gasteiger partial charge is 0.508 e. The van der Waals surface area contributed by atoms with Crippen molar-refractivity contribution in [3.05, 3.63) is 64.7 Å². The molecule has 0 saturated carbocycles. The summed E-state index contributed by atoms with van der Waals surface area (Å²) in [6.07, 6.45) is 0.268. The van der Waals surface area contributed by atoms with Gasteiger partial charge in [0.1, 0.15) is 5.75 Å². The van der Waals surface area contributed by atoms with Crippen LogP contribution in [0.1, 0.15) is 37.3 Å². The molecule has 0 heterocycles. The zero-order valence-corrected chi connectivity index (χ0v) is 14.2. The van der Waals surface area contributed by atoms with Gasteiger partial charge < -0.3 is 10.4 Å². The Balaban J connectivity index is 2.29. The minimum Gasteiger partial charge on any atom is -0.508 e. The summed E-state index contributed by atoms with van der Waals surface area (Å²) in [6.45, 7) is 4.75. The molecule has 0 saturated heterocycles. The first-order valence-corrected chi connectivity index (χ1v) is 8.15. The topological polar surface area (TPSA) is 49.3 Å². The van der Waals surface area contributed by atoms with E-state index in [1.165, 1.54) is 0 Å². The van der Waals surface area contributed by atoms with Crippen LogP contribution in [0.3, 0.4) is 0 Å². The van der Waals surface area contributed by atoms with E-state index in [2.05, 4.69) is 19.2 Å². The second-order valence-electron chi connectivity index (χ2n) is 6.07. The zero-order valence-electron chi connectivity index (χ0n) is 13.4. The van der Waals surface area contributed by atoms with Gasteiger partial charge in [0.2, 0.25) is 5.91 Å². The molecule has 3 nitrogen and oxygen atoms in total. The van der Waals surface area contributed by atoms with Crippen LogP contribution in [-0.2, 0) is 4.79 Å². The molecular formula is C19H22ClNO2. The van der Waals surface area contributed by atoms with Crippen LogP contribution in [0.2, 0.25) is 5.02 Å². The molecular weight excluding hydrogens is 310 g/mol. The van der Waals surface area contributed by atoms with Crippen molar-refractivity contribution >= 4 is 17.5 Å². The number of aromatic hydroxyl groups is 1. The maximum atomic E-state index is 12.3. The van der Waals surface area contributed by atoms with E-state index in [4.69, 9.17) is 11.6 Å². The van der Waals surface area contributed by atoms with Crippen molar-refractivity contribution in [2.75, 3.05) is 6.54 Å². The van der Waals surface area contributed by atoms with E-state index in [0.29, 0.717) is 23.0 Å². The number of halogens is 1. The number of nitrogens with one attached hydrogen (secondary N) is 1. The highest BCUT2D eigenvalue weighted by atomic mass is 35.5. The van der Waals surface area contributed by atoms with E-state index in [1.54, 1.807) is 18.2 Å². The van der Waals surface area contributed by atoms with Crippen LogP contribution in [0.4, 0.5) is 0 Å². The molecule has 0 fully saturated rings. The van der Waals surface area contributed by atoms with Crippen LogP contribution in [0.15, 0.2) is 48.5 Å². The predicted molar refractivity (Wildman–Crippen MR) is 93.9 cm³/mol. The molecule has 2 rings (SSSR count). The Hall–Kier alpha value is -2.00. The van der Waals surface area contributed by atoms with Gasteiger partial charge in [-0.3, -0.25) is 4.79 Å². The molecule has 0 aliphatic rings. The van der Waals surface area contributed by atoms with E-state index in [0.717, 1.165) is 5.56 Å². The van der Waals surface area contributed by atoms with E-state index in [1.807, 2.05) is 30.3 Å². The highest BCUT2D eigenvalue weighted by Crippen LogP contribution is 2.35. The Labute approximate surface area is 142 Å². The lowest BCUT2D eigenvalue weighted by Gasteiger charge is -2.19. The van der Waals surface area contributed by atoms with Crippen LogP contribution in [0.25, 0.3) is 0 Å². The maximum Gasteiger partial charge on any atom is 0.220 e. The number of amides is 1. The van der Waals surface area contributed by atoms with Crippen molar-refractivity contribution in [3.63, 3.8) is 0 Å². The molecule has 2 aromatic rings. The van der Waals surface area contributed by atoms with Gasteiger partial charge in [-0.25, -0.2) is 0 Å². The summed E-state index contributed by atoms with van der Waals surface area (Å²) >= 11 is 6.08. The molecule has 1 amide bonds. The van der Waals surface area contributed by atoms with Crippen molar-refractivity contribution in [3.8, 4) is 5.75 Å². The summed E-state index contributed by atoms with van der Waals surface area (Å²) in [5.74, 6) is 0.280. The van der Waals surface area contributed by atoms with Crippen LogP contribution in [0.5, 0.6) is 5.75 Å². The molecule has 2 N–H and O–H groups in total. The van der Waals surface area contributed by atoms with Crippen molar-refractivity contribution in [1.82, 2.24) is 5.32 Å². The van der Waals surface area contributed by atoms with Crippen LogP contribution >= 0.6 is 11.6 Å². The summed E-state index contributed by atoms with van der Waals surface area (Å²) in [5.41, 5.74) is 1.65. The van der Waals surface area contributed by atoms with Crippen molar-refractivity contribution < 1.29 is 9.90 Å². The highest BCUT2D eigenvalue weighted by molar-refractivity contribution is 6.30. The number of hydrogen-bond donors (Lipinski definition) is 2. The van der Waals surface area contributed by atoms with Crippen molar-refractivity contribution in [2.24, 2.45) is 5.92 Å². The van der Waals surface area contributed by atoms with Gasteiger partial charge in [-0.15, -0.1) is 0 Å². The molecule has 23 heavy (non-hydrogen) atoms. The third-order valence-corrected chi connectivity index (χ3v) is 3.90. The molecule has 0 spiro atoms. The summed E-state index contributed by atoms with van der Waals surface area (Å²) in [5, 5.41) is 13.7. The summed E-state index contributed by atoms with van der Waals surface area (Å²) < 4.78 is 0. The van der Waals surface area contributed by atoms with Gasteiger partial charge in [0.05, 0.1) is 0 Å². The van der Waals surface area contributed by atoms with E-state index in [-0.39, 0.29) is 24.0 Å². The number of hydrogen-bond acceptors (Lipinski definition) is 2. The normalized spacial score (nSPS) is 12.2. The van der Waals surface area contributed by atoms with Gasteiger partial charge in [0.15, 0.2) is 0 Å². The van der Waals surface area contributed by atoms with Crippen molar-refractivity contribution in [2.45, 2.75) is 26.2 Å². The van der Waals surface area contributed by atoms with Crippen molar-refractivity contribution in [1.29, 1.82) is 0 Å². The molecule has 0 bridgehead atoms. The molecule has 0 aliphatic carbocycles. The first kappa shape index (κ1) is 17.4. The van der Waals surface area contributed by atoms with Gasteiger partial charge in [0, 0.05) is 29.5 Å². The Kier molecular flexibility index (Phi) is 6.05. The van der Waals surface area contributed by atoms with Crippen LogP contribution in [-0.4, -0.2) is 17.6 Å². The highest BCUT2D eigenvalue weighted by Gasteiger charge is 2.21. The minimum atomic E-state index is -0.234. The molecule has 0 aromatic heterocycles. The van der Waals surface area contributed by atoms with Gasteiger partial charge in [-0.2, -0.15) is 0 Å².